The molecule has 1 aromatic heterocycles. The van der Waals surface area contributed by atoms with E-state index in [9.17, 15) is 20.0 Å². The van der Waals surface area contributed by atoms with E-state index in [-0.39, 0.29) is 17.1 Å². The summed E-state index contributed by atoms with van der Waals surface area (Å²) in [6.07, 6.45) is 2.91. The Morgan fingerprint density at radius 3 is 2.77 bits per heavy atom. The Morgan fingerprint density at radius 2 is 2.10 bits per heavy atom. The maximum atomic E-state index is 12.4. The zero-order valence-corrected chi connectivity index (χ0v) is 17.2. The normalized spacial score (nSPS) is 10.9. The van der Waals surface area contributed by atoms with E-state index in [2.05, 4.69) is 31.6 Å². The standard InChI is InChI=1S/C19H16BrN5O5/c1-30-15-6-7-17(26)13(8-15)9-21-22-19(27)18-16(20)11-24(23-18)10-12-2-4-14(5-3-12)25(28)29/h2-9,11,26H,10H2,1H3,(H,22,27)/b21-9-. The molecule has 1 heterocycles. The Hall–Kier alpha value is -3.73. The zero-order chi connectivity index (χ0) is 21.7. The predicted molar refractivity (Wildman–Crippen MR) is 112 cm³/mol. The molecule has 0 aliphatic heterocycles. The van der Waals surface area contributed by atoms with Gasteiger partial charge >= 0.3 is 0 Å². The number of nitrogens with one attached hydrogen (secondary N) is 1. The Kier molecular flexibility index (Phi) is 6.42. The zero-order valence-electron chi connectivity index (χ0n) is 15.7. The molecule has 0 aliphatic rings. The minimum absolute atomic E-state index is 0.000368. The van der Waals surface area contributed by atoms with Crippen LogP contribution >= 0.6 is 15.9 Å². The van der Waals surface area contributed by atoms with E-state index in [0.29, 0.717) is 22.3 Å². The van der Waals surface area contributed by atoms with Gasteiger partial charge in [-0.3, -0.25) is 19.6 Å². The number of ether oxygens (including phenoxy) is 1. The highest BCUT2D eigenvalue weighted by molar-refractivity contribution is 9.10. The molecule has 0 radical (unpaired) electrons. The van der Waals surface area contributed by atoms with Gasteiger partial charge in [-0.2, -0.15) is 10.2 Å². The number of aromatic nitrogens is 2. The molecule has 0 atom stereocenters. The van der Waals surface area contributed by atoms with Gasteiger partial charge in [-0.15, -0.1) is 0 Å². The van der Waals surface area contributed by atoms with Crippen molar-refractivity contribution in [3.05, 3.63) is 80.1 Å². The number of methoxy groups -OCH3 is 1. The van der Waals surface area contributed by atoms with E-state index in [0.717, 1.165) is 5.56 Å². The van der Waals surface area contributed by atoms with Gasteiger partial charge in [0.15, 0.2) is 5.69 Å². The SMILES string of the molecule is COc1ccc(O)c(/C=N\NC(=O)c2nn(Cc3ccc([N+](=O)[O-])cc3)cc2Br)c1. The van der Waals surface area contributed by atoms with E-state index in [1.807, 2.05) is 0 Å². The van der Waals surface area contributed by atoms with Gasteiger partial charge in [0.05, 0.1) is 29.3 Å². The van der Waals surface area contributed by atoms with Crippen LogP contribution in [0.1, 0.15) is 21.6 Å². The number of carbonyl (C=O) groups is 1. The Morgan fingerprint density at radius 1 is 1.37 bits per heavy atom. The summed E-state index contributed by atoms with van der Waals surface area (Å²) in [7, 11) is 1.50. The summed E-state index contributed by atoms with van der Waals surface area (Å²) >= 11 is 3.29. The number of nitro groups is 1. The summed E-state index contributed by atoms with van der Waals surface area (Å²) in [5.74, 6) is -0.0291. The smallest absolute Gasteiger partial charge is 0.293 e. The van der Waals surface area contributed by atoms with Crippen LogP contribution in [0.25, 0.3) is 0 Å². The lowest BCUT2D eigenvalue weighted by molar-refractivity contribution is -0.384. The Labute approximate surface area is 179 Å². The molecule has 0 aliphatic carbocycles. The van der Waals surface area contributed by atoms with Crippen molar-refractivity contribution in [2.24, 2.45) is 5.10 Å². The number of nitro benzene ring substituents is 1. The van der Waals surface area contributed by atoms with E-state index >= 15 is 0 Å². The number of phenols is 1. The summed E-state index contributed by atoms with van der Waals surface area (Å²) < 4.78 is 7.06. The molecule has 0 saturated heterocycles. The lowest BCUT2D eigenvalue weighted by Crippen LogP contribution is -2.19. The van der Waals surface area contributed by atoms with E-state index < -0.39 is 10.8 Å². The van der Waals surface area contributed by atoms with Crippen molar-refractivity contribution in [1.29, 1.82) is 0 Å². The molecule has 0 bridgehead atoms. The number of nitrogens with zero attached hydrogens (tertiary/aromatic N) is 4. The average Bonchev–Trinajstić information content (AvgIpc) is 3.09. The summed E-state index contributed by atoms with van der Waals surface area (Å²) in [4.78, 5) is 22.6. The van der Waals surface area contributed by atoms with Crippen LogP contribution in [0.2, 0.25) is 0 Å². The van der Waals surface area contributed by atoms with Crippen molar-refractivity contribution in [3.63, 3.8) is 0 Å². The molecule has 0 unspecified atom stereocenters. The van der Waals surface area contributed by atoms with Crippen LogP contribution in [0.3, 0.4) is 0 Å². The summed E-state index contributed by atoms with van der Waals surface area (Å²) in [6.45, 7) is 0.324. The molecule has 0 fully saturated rings. The van der Waals surface area contributed by atoms with Gasteiger partial charge in [-0.1, -0.05) is 12.1 Å². The largest absolute Gasteiger partial charge is 0.507 e. The number of aromatic hydroxyl groups is 1. The fraction of sp³-hybridized carbons (Fsp3) is 0.105. The van der Waals surface area contributed by atoms with Crippen LogP contribution < -0.4 is 10.2 Å². The molecule has 154 valence electrons. The van der Waals surface area contributed by atoms with Gasteiger partial charge < -0.3 is 9.84 Å². The van der Waals surface area contributed by atoms with Crippen molar-refractivity contribution in [1.82, 2.24) is 15.2 Å². The first kappa shape index (κ1) is 21.0. The van der Waals surface area contributed by atoms with Crippen LogP contribution in [-0.2, 0) is 6.54 Å². The molecular weight excluding hydrogens is 458 g/mol. The second-order valence-electron chi connectivity index (χ2n) is 6.07. The monoisotopic (exact) mass is 473 g/mol. The molecule has 3 aromatic rings. The first-order valence-electron chi connectivity index (χ1n) is 8.54. The van der Waals surface area contributed by atoms with Crippen LogP contribution in [0, 0.1) is 10.1 Å². The molecule has 1 amide bonds. The van der Waals surface area contributed by atoms with Gasteiger partial charge in [0, 0.05) is 23.9 Å². The van der Waals surface area contributed by atoms with E-state index in [4.69, 9.17) is 4.74 Å². The molecule has 3 rings (SSSR count). The van der Waals surface area contributed by atoms with Crippen molar-refractivity contribution in [2.75, 3.05) is 7.11 Å². The van der Waals surface area contributed by atoms with Crippen LogP contribution in [-0.4, -0.2) is 39.0 Å². The van der Waals surface area contributed by atoms with E-state index in [1.54, 1.807) is 30.5 Å². The Bertz CT molecular complexity index is 1110. The number of hydrogen-bond donors (Lipinski definition) is 2. The van der Waals surface area contributed by atoms with Gasteiger partial charge in [0.1, 0.15) is 11.5 Å². The molecule has 2 N–H and O–H groups in total. The van der Waals surface area contributed by atoms with Gasteiger partial charge in [-0.25, -0.2) is 5.43 Å². The van der Waals surface area contributed by atoms with Gasteiger partial charge in [0.25, 0.3) is 11.6 Å². The minimum Gasteiger partial charge on any atom is -0.507 e. The number of amides is 1. The molecule has 10 nitrogen and oxygen atoms in total. The molecule has 0 spiro atoms. The quantitative estimate of drug-likeness (QED) is 0.307. The topological polar surface area (TPSA) is 132 Å². The van der Waals surface area contributed by atoms with Gasteiger partial charge in [0.2, 0.25) is 0 Å². The maximum absolute atomic E-state index is 12.4. The number of hydrogen-bond acceptors (Lipinski definition) is 7. The van der Waals surface area contributed by atoms with Crippen molar-refractivity contribution < 1.29 is 19.6 Å². The fourth-order valence-corrected chi connectivity index (χ4v) is 3.01. The van der Waals surface area contributed by atoms with Crippen molar-refractivity contribution >= 4 is 33.7 Å². The predicted octanol–water partition coefficient (Wildman–Crippen LogP) is 3.08. The molecule has 11 heteroatoms. The number of benzene rings is 2. The van der Waals surface area contributed by atoms with Crippen molar-refractivity contribution in [2.45, 2.75) is 6.54 Å². The first-order chi connectivity index (χ1) is 14.4. The fourth-order valence-electron chi connectivity index (χ4n) is 2.52. The molecule has 2 aromatic carbocycles. The average molecular weight is 474 g/mol. The van der Waals surface area contributed by atoms with Crippen LogP contribution in [0.4, 0.5) is 5.69 Å². The summed E-state index contributed by atoms with van der Waals surface area (Å²) in [6, 6.07) is 10.7. The second kappa shape index (κ2) is 9.18. The van der Waals surface area contributed by atoms with Crippen molar-refractivity contribution in [3.8, 4) is 11.5 Å². The third kappa shape index (κ3) is 5.00. The summed E-state index contributed by atoms with van der Waals surface area (Å²) in [5, 5.41) is 28.6. The number of halogens is 1. The third-order valence-corrected chi connectivity index (χ3v) is 4.61. The highest BCUT2D eigenvalue weighted by atomic mass is 79.9. The molecule has 0 saturated carbocycles. The molecular formula is C19H16BrN5O5. The number of carbonyl (C=O) groups excluding carboxylic acids is 1. The highest BCUT2D eigenvalue weighted by Crippen LogP contribution is 2.21. The molecule has 30 heavy (non-hydrogen) atoms. The summed E-state index contributed by atoms with van der Waals surface area (Å²) in [5.41, 5.74) is 3.62. The van der Waals surface area contributed by atoms with E-state index in [1.165, 1.54) is 36.2 Å². The number of non-ortho nitro benzene ring substituents is 1. The lowest BCUT2D eigenvalue weighted by Gasteiger charge is -2.03. The van der Waals surface area contributed by atoms with Gasteiger partial charge in [-0.05, 0) is 39.7 Å². The Balaban J connectivity index is 1.67. The lowest BCUT2D eigenvalue weighted by atomic mass is 10.2. The van der Waals surface area contributed by atoms with Crippen LogP contribution in [0.15, 0.2) is 58.2 Å². The van der Waals surface area contributed by atoms with Crippen LogP contribution in [0.5, 0.6) is 11.5 Å². The number of rotatable bonds is 7. The second-order valence-corrected chi connectivity index (χ2v) is 6.92. The number of hydrazone groups is 1. The first-order valence-corrected chi connectivity index (χ1v) is 9.33. The highest BCUT2D eigenvalue weighted by Gasteiger charge is 2.15. The maximum Gasteiger partial charge on any atom is 0.293 e. The number of phenolic OH excluding ortho intramolecular Hbond substituents is 1. The minimum atomic E-state index is -0.553. The third-order valence-electron chi connectivity index (χ3n) is 4.03.